The van der Waals surface area contributed by atoms with E-state index in [0.717, 1.165) is 11.6 Å². The Labute approximate surface area is 208 Å². The molecule has 0 aromatic heterocycles. The molecule has 2 fully saturated rings. The first kappa shape index (κ1) is 24.5. The molecular weight excluding hydrogens is 468 g/mol. The molecule has 3 aliphatic rings. The van der Waals surface area contributed by atoms with Gasteiger partial charge in [-0.1, -0.05) is 18.2 Å². The highest BCUT2D eigenvalue weighted by molar-refractivity contribution is 6.05. The third-order valence-corrected chi connectivity index (χ3v) is 7.85. The highest BCUT2D eigenvalue weighted by atomic mass is 19.1. The Morgan fingerprint density at radius 1 is 1.08 bits per heavy atom. The van der Waals surface area contributed by atoms with Crippen LogP contribution >= 0.6 is 0 Å². The van der Waals surface area contributed by atoms with E-state index < -0.39 is 46.6 Å². The van der Waals surface area contributed by atoms with Gasteiger partial charge in [-0.25, -0.2) is 8.78 Å². The number of nitrogens with zero attached hydrogens (tertiary/aromatic N) is 2. The van der Waals surface area contributed by atoms with Crippen molar-refractivity contribution in [2.45, 2.75) is 64.3 Å². The van der Waals surface area contributed by atoms with E-state index >= 15 is 8.78 Å². The fourth-order valence-electron chi connectivity index (χ4n) is 5.55. The van der Waals surface area contributed by atoms with Crippen LogP contribution in [-0.4, -0.2) is 51.8 Å². The second-order valence-electron chi connectivity index (χ2n) is 10.2. The third kappa shape index (κ3) is 4.20. The molecule has 2 aromatic rings. The van der Waals surface area contributed by atoms with Gasteiger partial charge in [0.2, 0.25) is 11.8 Å². The summed E-state index contributed by atoms with van der Waals surface area (Å²) >= 11 is 0. The second-order valence-corrected chi connectivity index (χ2v) is 10.2. The van der Waals surface area contributed by atoms with Gasteiger partial charge >= 0.3 is 0 Å². The van der Waals surface area contributed by atoms with E-state index in [0.29, 0.717) is 19.6 Å². The topological polar surface area (TPSA) is 89.9 Å². The number of amides is 3. The predicted molar refractivity (Wildman–Crippen MR) is 127 cm³/mol. The molecule has 1 unspecified atom stereocenters. The number of hydrogen-bond acceptors (Lipinski definition) is 5. The minimum atomic E-state index is -1.70. The molecular formula is C27H29F2N3O4. The summed E-state index contributed by atoms with van der Waals surface area (Å²) in [5.41, 5.74) is 1.28. The van der Waals surface area contributed by atoms with Crippen molar-refractivity contribution in [1.82, 2.24) is 15.1 Å². The standard InChI is InChI=1S/C27H29F2N3O4/c1-15-3-4-17(11-16(15)2)13-31-9-7-27(36,8-10-31)23-20(28)12-18-19(24(23)29)14-32(26(18)35)21-5-6-22(33)30-25(21)34/h3-4,11-12,21,36H,5-10,13-14H2,1-2H3,(H,30,33,34). The van der Waals surface area contributed by atoms with E-state index in [4.69, 9.17) is 0 Å². The van der Waals surface area contributed by atoms with E-state index in [1.807, 2.05) is 0 Å². The van der Waals surface area contributed by atoms with Gasteiger partial charge in [-0.2, -0.15) is 0 Å². The number of aliphatic hydroxyl groups is 1. The van der Waals surface area contributed by atoms with E-state index in [-0.39, 0.29) is 43.4 Å². The van der Waals surface area contributed by atoms with Gasteiger partial charge in [0.15, 0.2) is 0 Å². The Kier molecular flexibility index (Phi) is 6.16. The molecule has 2 N–H and O–H groups in total. The molecule has 9 heteroatoms. The van der Waals surface area contributed by atoms with Gasteiger partial charge in [-0.3, -0.25) is 24.6 Å². The van der Waals surface area contributed by atoms with Crippen molar-refractivity contribution in [1.29, 1.82) is 0 Å². The SMILES string of the molecule is Cc1ccc(CN2CCC(O)(c3c(F)cc4c(c3F)CN(C3CCC(=O)NC3=O)C4=O)CC2)cc1C. The average Bonchev–Trinajstić information content (AvgIpc) is 3.14. The number of rotatable bonds is 4. The first-order valence-corrected chi connectivity index (χ1v) is 12.2. The summed E-state index contributed by atoms with van der Waals surface area (Å²) in [7, 11) is 0. The van der Waals surface area contributed by atoms with E-state index in [2.05, 4.69) is 42.3 Å². The molecule has 3 heterocycles. The van der Waals surface area contributed by atoms with Gasteiger partial charge < -0.3 is 10.0 Å². The van der Waals surface area contributed by atoms with Crippen LogP contribution in [0.5, 0.6) is 0 Å². The highest BCUT2D eigenvalue weighted by Gasteiger charge is 2.45. The van der Waals surface area contributed by atoms with Gasteiger partial charge in [0.05, 0.1) is 23.3 Å². The third-order valence-electron chi connectivity index (χ3n) is 7.85. The number of imide groups is 1. The molecule has 7 nitrogen and oxygen atoms in total. The van der Waals surface area contributed by atoms with Crippen molar-refractivity contribution in [2.24, 2.45) is 0 Å². The average molecular weight is 498 g/mol. The first-order valence-electron chi connectivity index (χ1n) is 12.2. The molecule has 0 radical (unpaired) electrons. The van der Waals surface area contributed by atoms with Gasteiger partial charge in [-0.15, -0.1) is 0 Å². The number of benzene rings is 2. The number of aryl methyl sites for hydroxylation is 2. The van der Waals surface area contributed by atoms with Crippen LogP contribution in [0.15, 0.2) is 24.3 Å². The summed E-state index contributed by atoms with van der Waals surface area (Å²) in [5, 5.41) is 13.5. The predicted octanol–water partition coefficient (Wildman–Crippen LogP) is 2.83. The lowest BCUT2D eigenvalue weighted by Crippen LogP contribution is -2.52. The van der Waals surface area contributed by atoms with Gasteiger partial charge in [0.1, 0.15) is 17.7 Å². The van der Waals surface area contributed by atoms with Crippen molar-refractivity contribution < 1.29 is 28.3 Å². The molecule has 3 aliphatic heterocycles. The summed E-state index contributed by atoms with van der Waals surface area (Å²) in [6, 6.07) is 6.31. The maximum Gasteiger partial charge on any atom is 0.255 e. The van der Waals surface area contributed by atoms with Crippen molar-refractivity contribution in [3.8, 4) is 0 Å². The zero-order valence-electron chi connectivity index (χ0n) is 20.4. The first-order chi connectivity index (χ1) is 17.1. The Morgan fingerprint density at radius 3 is 2.47 bits per heavy atom. The van der Waals surface area contributed by atoms with Crippen LogP contribution < -0.4 is 5.32 Å². The van der Waals surface area contributed by atoms with Crippen LogP contribution in [0.2, 0.25) is 0 Å². The summed E-state index contributed by atoms with van der Waals surface area (Å²) in [4.78, 5) is 40.0. The maximum atomic E-state index is 15.7. The van der Waals surface area contributed by atoms with Crippen molar-refractivity contribution in [2.75, 3.05) is 13.1 Å². The fraction of sp³-hybridized carbons (Fsp3) is 0.444. The minimum Gasteiger partial charge on any atom is -0.385 e. The molecule has 0 aliphatic carbocycles. The second kappa shape index (κ2) is 9.05. The number of carbonyl (C=O) groups excluding carboxylic acids is 3. The fourth-order valence-corrected chi connectivity index (χ4v) is 5.55. The summed E-state index contributed by atoms with van der Waals surface area (Å²) in [6.45, 7) is 5.49. The lowest BCUT2D eigenvalue weighted by atomic mass is 9.82. The van der Waals surface area contributed by atoms with Crippen molar-refractivity contribution in [3.63, 3.8) is 0 Å². The zero-order valence-corrected chi connectivity index (χ0v) is 20.4. The molecule has 0 bridgehead atoms. The molecule has 190 valence electrons. The highest BCUT2D eigenvalue weighted by Crippen LogP contribution is 2.40. The number of likely N-dealkylation sites (tertiary alicyclic amines) is 1. The quantitative estimate of drug-likeness (QED) is 0.635. The molecule has 1 atom stereocenters. The smallest absolute Gasteiger partial charge is 0.255 e. The van der Waals surface area contributed by atoms with E-state index in [1.165, 1.54) is 16.0 Å². The molecule has 0 spiro atoms. The summed E-state index contributed by atoms with van der Waals surface area (Å²) in [6.07, 6.45) is 0.489. The Hall–Kier alpha value is -3.17. The van der Waals surface area contributed by atoms with Crippen molar-refractivity contribution in [3.05, 3.63) is 69.3 Å². The molecule has 2 aromatic carbocycles. The number of piperidine rings is 2. The maximum absolute atomic E-state index is 15.7. The van der Waals surface area contributed by atoms with Crippen LogP contribution in [0.3, 0.4) is 0 Å². The normalized spacial score (nSPS) is 22.1. The van der Waals surface area contributed by atoms with Crippen LogP contribution in [-0.2, 0) is 28.3 Å². The molecule has 36 heavy (non-hydrogen) atoms. The Balaban J connectivity index is 1.34. The number of nitrogens with one attached hydrogen (secondary N) is 1. The minimum absolute atomic E-state index is 0.0212. The van der Waals surface area contributed by atoms with Crippen molar-refractivity contribution >= 4 is 17.7 Å². The monoisotopic (exact) mass is 497 g/mol. The van der Waals surface area contributed by atoms with Crippen LogP contribution in [0.25, 0.3) is 0 Å². The van der Waals surface area contributed by atoms with Gasteiger partial charge in [0.25, 0.3) is 5.91 Å². The number of fused-ring (bicyclic) bond motifs is 1. The molecule has 2 saturated heterocycles. The lowest BCUT2D eigenvalue weighted by Gasteiger charge is -2.39. The summed E-state index contributed by atoms with van der Waals surface area (Å²) < 4.78 is 30.9. The molecule has 3 amide bonds. The molecule has 5 rings (SSSR count). The van der Waals surface area contributed by atoms with Gasteiger partial charge in [0, 0.05) is 31.6 Å². The number of halogens is 2. The van der Waals surface area contributed by atoms with Crippen LogP contribution in [0.4, 0.5) is 8.78 Å². The summed E-state index contributed by atoms with van der Waals surface area (Å²) in [5.74, 6) is -3.60. The number of carbonyl (C=O) groups is 3. The Morgan fingerprint density at radius 2 is 1.81 bits per heavy atom. The largest absolute Gasteiger partial charge is 0.385 e. The Bertz CT molecular complexity index is 1270. The molecule has 0 saturated carbocycles. The lowest BCUT2D eigenvalue weighted by molar-refractivity contribution is -0.136. The van der Waals surface area contributed by atoms with Crippen LogP contribution in [0, 0.1) is 25.5 Å². The number of hydrogen-bond donors (Lipinski definition) is 2. The van der Waals surface area contributed by atoms with E-state index in [9.17, 15) is 19.5 Å². The van der Waals surface area contributed by atoms with Gasteiger partial charge in [-0.05, 0) is 55.9 Å². The van der Waals surface area contributed by atoms with Crippen LogP contribution in [0.1, 0.15) is 63.9 Å². The zero-order chi connectivity index (χ0) is 25.8. The van der Waals surface area contributed by atoms with E-state index in [1.54, 1.807) is 0 Å².